The van der Waals surface area contributed by atoms with Crippen LogP contribution in [0.1, 0.15) is 6.92 Å². The lowest BCUT2D eigenvalue weighted by Gasteiger charge is -2.21. The van der Waals surface area contributed by atoms with Gasteiger partial charge in [-0.3, -0.25) is 0 Å². The molecular weight excluding hydrogens is 184 g/mol. The van der Waals surface area contributed by atoms with E-state index in [-0.39, 0.29) is 13.2 Å². The van der Waals surface area contributed by atoms with Crippen LogP contribution >= 0.6 is 0 Å². The van der Waals surface area contributed by atoms with Gasteiger partial charge in [-0.15, -0.1) is 0 Å². The molecule has 1 aromatic heterocycles. The maximum atomic E-state index is 9.48. The summed E-state index contributed by atoms with van der Waals surface area (Å²) in [6.45, 7) is 1.35. The van der Waals surface area contributed by atoms with E-state index >= 15 is 0 Å². The molecule has 0 spiro atoms. The predicted octanol–water partition coefficient (Wildman–Crippen LogP) is -0.786. The van der Waals surface area contributed by atoms with Crippen molar-refractivity contribution < 1.29 is 10.2 Å². The first-order valence-electron chi connectivity index (χ1n) is 4.18. The fourth-order valence-electron chi connectivity index (χ4n) is 0.818. The Morgan fingerprint density at radius 2 is 2.36 bits per heavy atom. The second-order valence-electron chi connectivity index (χ2n) is 3.34. The Hall–Kier alpha value is -1.40. The largest absolute Gasteiger partial charge is 0.394 e. The molecule has 6 nitrogen and oxygen atoms in total. The summed E-state index contributed by atoms with van der Waals surface area (Å²) in [5.41, 5.74) is 4.78. The van der Waals surface area contributed by atoms with Crippen LogP contribution in [0.25, 0.3) is 0 Å². The lowest BCUT2D eigenvalue weighted by Crippen LogP contribution is -2.37. The molecule has 0 radical (unpaired) electrons. The average Bonchev–Trinajstić information content (AvgIpc) is 2.17. The van der Waals surface area contributed by atoms with Crippen LogP contribution in [0.4, 0.5) is 11.5 Å². The molecule has 0 fully saturated rings. The summed E-state index contributed by atoms with van der Waals surface area (Å²) in [6, 6.07) is 0. The molecule has 0 amide bonds. The standard InChI is InChI=1S/C8H14N4O2/c1-8(14,4-13)3-11-7-6(9)2-10-5-12-7/h2,5,13-14H,3-4,9H2,1H3,(H,10,11,12). The van der Waals surface area contributed by atoms with Gasteiger partial charge < -0.3 is 21.3 Å². The Morgan fingerprint density at radius 1 is 1.64 bits per heavy atom. The smallest absolute Gasteiger partial charge is 0.152 e. The zero-order valence-corrected chi connectivity index (χ0v) is 7.94. The fraction of sp³-hybridized carbons (Fsp3) is 0.500. The summed E-state index contributed by atoms with van der Waals surface area (Å²) >= 11 is 0. The Bertz CT molecular complexity index is 303. The quantitative estimate of drug-likeness (QED) is 0.505. The molecule has 0 aliphatic carbocycles. The van der Waals surface area contributed by atoms with Gasteiger partial charge in [0.1, 0.15) is 11.9 Å². The third-order valence-electron chi connectivity index (χ3n) is 1.72. The average molecular weight is 198 g/mol. The van der Waals surface area contributed by atoms with Gasteiger partial charge in [0.25, 0.3) is 0 Å². The second-order valence-corrected chi connectivity index (χ2v) is 3.34. The van der Waals surface area contributed by atoms with Crippen molar-refractivity contribution in [1.82, 2.24) is 9.97 Å². The van der Waals surface area contributed by atoms with Crippen LogP contribution in [-0.4, -0.2) is 38.9 Å². The van der Waals surface area contributed by atoms with Gasteiger partial charge >= 0.3 is 0 Å². The van der Waals surface area contributed by atoms with Crippen molar-refractivity contribution in [2.24, 2.45) is 0 Å². The number of nitrogen functional groups attached to an aromatic ring is 1. The predicted molar refractivity (Wildman–Crippen MR) is 52.6 cm³/mol. The fourth-order valence-corrected chi connectivity index (χ4v) is 0.818. The Balaban J connectivity index is 2.58. The molecule has 0 aromatic carbocycles. The molecule has 1 rings (SSSR count). The lowest BCUT2D eigenvalue weighted by molar-refractivity contribution is 0.0132. The SMILES string of the molecule is CC(O)(CO)CNc1ncncc1N. The highest BCUT2D eigenvalue weighted by atomic mass is 16.3. The molecular formula is C8H14N4O2. The van der Waals surface area contributed by atoms with Crippen molar-refractivity contribution in [3.63, 3.8) is 0 Å². The molecule has 0 saturated heterocycles. The van der Waals surface area contributed by atoms with Crippen LogP contribution in [-0.2, 0) is 0 Å². The number of rotatable bonds is 4. The van der Waals surface area contributed by atoms with Crippen LogP contribution in [0.3, 0.4) is 0 Å². The normalized spacial score (nSPS) is 14.8. The molecule has 1 atom stereocenters. The molecule has 0 aliphatic rings. The van der Waals surface area contributed by atoms with Crippen LogP contribution in [0.2, 0.25) is 0 Å². The van der Waals surface area contributed by atoms with E-state index in [1.807, 2.05) is 0 Å². The van der Waals surface area contributed by atoms with Crippen LogP contribution in [0.15, 0.2) is 12.5 Å². The van der Waals surface area contributed by atoms with Crippen molar-refractivity contribution in [2.45, 2.75) is 12.5 Å². The third kappa shape index (κ3) is 2.82. The number of aliphatic hydroxyl groups is 2. The lowest BCUT2D eigenvalue weighted by atomic mass is 10.1. The number of aliphatic hydroxyl groups excluding tert-OH is 1. The highest BCUT2D eigenvalue weighted by Gasteiger charge is 2.18. The molecule has 78 valence electrons. The highest BCUT2D eigenvalue weighted by Crippen LogP contribution is 2.12. The number of aromatic nitrogens is 2. The molecule has 6 heteroatoms. The number of nitrogens with zero attached hydrogens (tertiary/aromatic N) is 2. The van der Waals surface area contributed by atoms with Crippen molar-refractivity contribution >= 4 is 11.5 Å². The van der Waals surface area contributed by atoms with E-state index in [4.69, 9.17) is 10.8 Å². The minimum absolute atomic E-state index is 0.171. The number of nitrogens with two attached hydrogens (primary N) is 1. The minimum Gasteiger partial charge on any atom is -0.394 e. The molecule has 0 saturated carbocycles. The van der Waals surface area contributed by atoms with Crippen molar-refractivity contribution in [2.75, 3.05) is 24.2 Å². The summed E-state index contributed by atoms with van der Waals surface area (Å²) in [7, 11) is 0. The third-order valence-corrected chi connectivity index (χ3v) is 1.72. The summed E-state index contributed by atoms with van der Waals surface area (Å²) < 4.78 is 0. The van der Waals surface area contributed by atoms with E-state index in [2.05, 4.69) is 15.3 Å². The number of hydrogen-bond acceptors (Lipinski definition) is 6. The molecule has 0 aliphatic heterocycles. The van der Waals surface area contributed by atoms with Gasteiger partial charge in [-0.1, -0.05) is 0 Å². The van der Waals surface area contributed by atoms with E-state index in [0.717, 1.165) is 0 Å². The van der Waals surface area contributed by atoms with E-state index in [1.165, 1.54) is 19.4 Å². The number of hydrogen-bond donors (Lipinski definition) is 4. The Kier molecular flexibility index (Phi) is 3.21. The molecule has 1 heterocycles. The van der Waals surface area contributed by atoms with Gasteiger partial charge in [0.15, 0.2) is 5.82 Å². The van der Waals surface area contributed by atoms with Crippen molar-refractivity contribution in [1.29, 1.82) is 0 Å². The monoisotopic (exact) mass is 198 g/mol. The minimum atomic E-state index is -1.18. The number of anilines is 2. The maximum Gasteiger partial charge on any atom is 0.152 e. The van der Waals surface area contributed by atoms with Crippen molar-refractivity contribution in [3.8, 4) is 0 Å². The van der Waals surface area contributed by atoms with E-state index in [0.29, 0.717) is 11.5 Å². The maximum absolute atomic E-state index is 9.48. The summed E-state index contributed by atoms with van der Waals surface area (Å²) in [5, 5.41) is 21.1. The van der Waals surface area contributed by atoms with E-state index in [1.54, 1.807) is 0 Å². The molecule has 0 bridgehead atoms. The van der Waals surface area contributed by atoms with Gasteiger partial charge in [0.05, 0.1) is 18.5 Å². The van der Waals surface area contributed by atoms with E-state index < -0.39 is 5.60 Å². The molecule has 5 N–H and O–H groups in total. The second kappa shape index (κ2) is 4.21. The van der Waals surface area contributed by atoms with Gasteiger partial charge in [-0.25, -0.2) is 9.97 Å². The summed E-state index contributed by atoms with van der Waals surface area (Å²) in [4.78, 5) is 7.60. The van der Waals surface area contributed by atoms with E-state index in [9.17, 15) is 5.11 Å². The van der Waals surface area contributed by atoms with Gasteiger partial charge in [-0.05, 0) is 6.92 Å². The Morgan fingerprint density at radius 3 is 2.93 bits per heavy atom. The summed E-state index contributed by atoms with van der Waals surface area (Å²) in [5.74, 6) is 0.453. The zero-order chi connectivity index (χ0) is 10.6. The van der Waals surface area contributed by atoms with Crippen LogP contribution in [0.5, 0.6) is 0 Å². The van der Waals surface area contributed by atoms with Gasteiger partial charge in [-0.2, -0.15) is 0 Å². The molecule has 14 heavy (non-hydrogen) atoms. The first kappa shape index (κ1) is 10.7. The first-order valence-corrected chi connectivity index (χ1v) is 4.18. The summed E-state index contributed by atoms with van der Waals surface area (Å²) in [6.07, 6.45) is 2.81. The Labute approximate surface area is 81.8 Å². The highest BCUT2D eigenvalue weighted by molar-refractivity contribution is 5.58. The van der Waals surface area contributed by atoms with Crippen molar-refractivity contribution in [3.05, 3.63) is 12.5 Å². The first-order chi connectivity index (χ1) is 6.55. The van der Waals surface area contributed by atoms with Gasteiger partial charge in [0, 0.05) is 6.54 Å². The van der Waals surface area contributed by atoms with Gasteiger partial charge in [0.2, 0.25) is 0 Å². The zero-order valence-electron chi connectivity index (χ0n) is 7.94. The number of nitrogens with one attached hydrogen (secondary N) is 1. The topological polar surface area (TPSA) is 104 Å². The van der Waals surface area contributed by atoms with Crippen LogP contribution < -0.4 is 11.1 Å². The molecule has 1 aromatic rings. The van der Waals surface area contributed by atoms with Crippen LogP contribution in [0, 0.1) is 0 Å². The molecule has 1 unspecified atom stereocenters.